The number of nitrogens with one attached hydrogen (secondary N) is 1. The van der Waals surface area contributed by atoms with Gasteiger partial charge in [0.1, 0.15) is 12.2 Å². The Bertz CT molecular complexity index is 761. The van der Waals surface area contributed by atoms with E-state index in [0.717, 1.165) is 57.8 Å². The van der Waals surface area contributed by atoms with Gasteiger partial charge in [0.05, 0.1) is 18.8 Å². The van der Waals surface area contributed by atoms with Gasteiger partial charge in [0, 0.05) is 0 Å². The third kappa shape index (κ3) is 36.4. The van der Waals surface area contributed by atoms with Crippen LogP contribution in [0.3, 0.4) is 0 Å². The Hall–Kier alpha value is -0.950. The number of hydrogen-bond donors (Lipinski definition) is 5. The molecule has 6 nitrogen and oxygen atoms in total. The average molecular weight is 752 g/mol. The number of hydrogen-bond acceptors (Lipinski definition) is 5. The Kier molecular flexibility index (Phi) is 41.4. The molecule has 0 saturated carbocycles. The molecule has 53 heavy (non-hydrogen) atoms. The van der Waals surface area contributed by atoms with Crippen LogP contribution in [0.2, 0.25) is 0 Å². The van der Waals surface area contributed by atoms with Crippen molar-refractivity contribution in [3.63, 3.8) is 0 Å². The summed E-state index contributed by atoms with van der Waals surface area (Å²) < 4.78 is 0. The van der Waals surface area contributed by atoms with Crippen molar-refractivity contribution in [1.82, 2.24) is 5.32 Å². The lowest BCUT2D eigenvalue weighted by atomic mass is 9.99. The molecule has 0 spiro atoms. The van der Waals surface area contributed by atoms with Gasteiger partial charge in [-0.05, 0) is 38.5 Å². The van der Waals surface area contributed by atoms with Crippen LogP contribution in [0.15, 0.2) is 12.2 Å². The van der Waals surface area contributed by atoms with Gasteiger partial charge in [-0.2, -0.15) is 0 Å². The van der Waals surface area contributed by atoms with E-state index in [-0.39, 0.29) is 0 Å². The third-order valence-corrected chi connectivity index (χ3v) is 11.2. The molecule has 0 radical (unpaired) electrons. The summed E-state index contributed by atoms with van der Waals surface area (Å²) in [5, 5.41) is 43.6. The van der Waals surface area contributed by atoms with Crippen molar-refractivity contribution in [2.45, 2.75) is 276 Å². The summed E-state index contributed by atoms with van der Waals surface area (Å²) in [5.41, 5.74) is 0. The molecule has 0 aliphatic rings. The van der Waals surface area contributed by atoms with E-state index < -0.39 is 36.9 Å². The second-order valence-corrected chi connectivity index (χ2v) is 16.5. The van der Waals surface area contributed by atoms with Crippen molar-refractivity contribution >= 4 is 5.91 Å². The minimum atomic E-state index is -1.26. The first-order valence-corrected chi connectivity index (χ1v) is 23.6. The van der Waals surface area contributed by atoms with Crippen LogP contribution in [0.4, 0.5) is 0 Å². The molecular formula is C47H93NO5. The summed E-state index contributed by atoms with van der Waals surface area (Å²) in [5.74, 6) is -0.592. The monoisotopic (exact) mass is 752 g/mol. The highest BCUT2D eigenvalue weighted by Gasteiger charge is 2.28. The van der Waals surface area contributed by atoms with Crippen LogP contribution in [0.25, 0.3) is 0 Å². The normalized spacial score (nSPS) is 14.2. The minimum absolute atomic E-state index is 0.356. The molecule has 0 rings (SSSR count). The van der Waals surface area contributed by atoms with Crippen molar-refractivity contribution < 1.29 is 25.2 Å². The van der Waals surface area contributed by atoms with Crippen molar-refractivity contribution in [1.29, 1.82) is 0 Å². The summed E-state index contributed by atoms with van der Waals surface area (Å²) >= 11 is 0. The van der Waals surface area contributed by atoms with E-state index in [1.807, 2.05) is 0 Å². The quantitative estimate of drug-likeness (QED) is 0.0315. The zero-order valence-electron chi connectivity index (χ0n) is 35.5. The fourth-order valence-corrected chi connectivity index (χ4v) is 7.46. The van der Waals surface area contributed by atoms with Gasteiger partial charge in [0.25, 0.3) is 0 Å². The SMILES string of the molecule is CCCCC/C=C\CCCCCCC(O)C(=O)NC(CO)C(O)C(O)CCCCCCCCCCCCCCCCCCCCCCCCCCCC. The van der Waals surface area contributed by atoms with Crippen molar-refractivity contribution in [2.24, 2.45) is 0 Å². The lowest BCUT2D eigenvalue weighted by Gasteiger charge is -2.27. The molecular weight excluding hydrogens is 659 g/mol. The lowest BCUT2D eigenvalue weighted by molar-refractivity contribution is -0.132. The number of allylic oxidation sites excluding steroid dienone is 2. The number of aliphatic hydroxyl groups is 4. The largest absolute Gasteiger partial charge is 0.394 e. The topological polar surface area (TPSA) is 110 Å². The summed E-state index contributed by atoms with van der Waals surface area (Å²) in [7, 11) is 0. The van der Waals surface area contributed by atoms with Gasteiger partial charge in [0.2, 0.25) is 5.91 Å². The number of aliphatic hydroxyl groups excluding tert-OH is 4. The van der Waals surface area contributed by atoms with Gasteiger partial charge in [-0.25, -0.2) is 0 Å². The van der Waals surface area contributed by atoms with Crippen LogP contribution < -0.4 is 5.32 Å². The number of carbonyl (C=O) groups excluding carboxylic acids is 1. The first kappa shape index (κ1) is 52.0. The Balaban J connectivity index is 3.60. The van der Waals surface area contributed by atoms with Crippen LogP contribution in [0, 0.1) is 0 Å². The fourth-order valence-electron chi connectivity index (χ4n) is 7.46. The minimum Gasteiger partial charge on any atom is -0.394 e. The maximum Gasteiger partial charge on any atom is 0.249 e. The molecule has 4 unspecified atom stereocenters. The predicted molar refractivity (Wildman–Crippen MR) is 228 cm³/mol. The van der Waals surface area contributed by atoms with E-state index in [4.69, 9.17) is 0 Å². The zero-order chi connectivity index (χ0) is 38.9. The summed E-state index contributed by atoms with van der Waals surface area (Å²) in [6, 6.07) is -0.986. The lowest BCUT2D eigenvalue weighted by Crippen LogP contribution is -2.53. The van der Waals surface area contributed by atoms with Gasteiger partial charge in [-0.1, -0.05) is 225 Å². The van der Waals surface area contributed by atoms with Gasteiger partial charge >= 0.3 is 0 Å². The molecule has 5 N–H and O–H groups in total. The Morgan fingerprint density at radius 3 is 1.13 bits per heavy atom. The van der Waals surface area contributed by atoms with Crippen molar-refractivity contribution in [3.8, 4) is 0 Å². The molecule has 0 aliphatic carbocycles. The number of carbonyl (C=O) groups is 1. The van der Waals surface area contributed by atoms with E-state index >= 15 is 0 Å². The Labute approximate surface area is 330 Å². The second kappa shape index (κ2) is 42.2. The predicted octanol–water partition coefficient (Wildman–Crippen LogP) is 12.6. The highest BCUT2D eigenvalue weighted by atomic mass is 16.3. The number of amides is 1. The standard InChI is InChI=1S/C47H93NO5/c1-3-5-7-9-11-13-15-16-17-18-19-20-21-22-23-24-25-26-27-28-29-31-32-34-36-38-40-44(50)46(52)43(42-49)48-47(53)45(51)41-39-37-35-33-30-14-12-10-8-6-4-2/h12,14,43-46,49-52H,3-11,13,15-42H2,1-2H3,(H,48,53)/b14-12-. The molecule has 0 aliphatic heterocycles. The molecule has 6 heteroatoms. The fraction of sp³-hybridized carbons (Fsp3) is 0.936. The first-order chi connectivity index (χ1) is 26.0. The third-order valence-electron chi connectivity index (χ3n) is 11.2. The number of unbranched alkanes of at least 4 members (excludes halogenated alkanes) is 32. The summed E-state index contributed by atoms with van der Waals surface area (Å²) in [4.78, 5) is 12.5. The molecule has 0 aromatic carbocycles. The second-order valence-electron chi connectivity index (χ2n) is 16.5. The Morgan fingerprint density at radius 1 is 0.453 bits per heavy atom. The van der Waals surface area contributed by atoms with Crippen LogP contribution in [0.5, 0.6) is 0 Å². The van der Waals surface area contributed by atoms with Crippen LogP contribution in [0.1, 0.15) is 251 Å². The molecule has 4 atom stereocenters. The number of rotatable bonds is 43. The van der Waals surface area contributed by atoms with Gasteiger partial charge in [-0.15, -0.1) is 0 Å². The Morgan fingerprint density at radius 2 is 0.755 bits per heavy atom. The molecule has 1 amide bonds. The van der Waals surface area contributed by atoms with E-state index in [0.29, 0.717) is 12.8 Å². The molecule has 0 fully saturated rings. The van der Waals surface area contributed by atoms with Crippen LogP contribution in [-0.2, 0) is 4.79 Å². The van der Waals surface area contributed by atoms with Gasteiger partial charge < -0.3 is 25.7 Å². The summed E-state index contributed by atoms with van der Waals surface area (Å²) in [6.45, 7) is 4.02. The molecule has 0 heterocycles. The van der Waals surface area contributed by atoms with Crippen LogP contribution in [-0.4, -0.2) is 57.3 Å². The van der Waals surface area contributed by atoms with E-state index in [9.17, 15) is 25.2 Å². The van der Waals surface area contributed by atoms with Crippen LogP contribution >= 0.6 is 0 Å². The van der Waals surface area contributed by atoms with E-state index in [1.165, 1.54) is 167 Å². The van der Waals surface area contributed by atoms with Gasteiger partial charge in [0.15, 0.2) is 0 Å². The van der Waals surface area contributed by atoms with Crippen molar-refractivity contribution in [2.75, 3.05) is 6.61 Å². The zero-order valence-corrected chi connectivity index (χ0v) is 35.5. The van der Waals surface area contributed by atoms with Gasteiger partial charge in [-0.3, -0.25) is 4.79 Å². The van der Waals surface area contributed by atoms with Crippen molar-refractivity contribution in [3.05, 3.63) is 12.2 Å². The summed E-state index contributed by atoms with van der Waals surface area (Å²) in [6.07, 6.45) is 46.9. The highest BCUT2D eigenvalue weighted by molar-refractivity contribution is 5.80. The average Bonchev–Trinajstić information content (AvgIpc) is 3.16. The highest BCUT2D eigenvalue weighted by Crippen LogP contribution is 2.17. The molecule has 316 valence electrons. The smallest absolute Gasteiger partial charge is 0.249 e. The first-order valence-electron chi connectivity index (χ1n) is 23.6. The van der Waals surface area contributed by atoms with E-state index in [2.05, 4.69) is 31.3 Å². The maximum atomic E-state index is 12.5. The molecule has 0 saturated heterocycles. The molecule has 0 bridgehead atoms. The van der Waals surface area contributed by atoms with E-state index in [1.54, 1.807) is 0 Å². The molecule has 0 aromatic heterocycles. The molecule has 0 aromatic rings. The maximum absolute atomic E-state index is 12.5.